The van der Waals surface area contributed by atoms with Gasteiger partial charge in [-0.15, -0.1) is 0 Å². The van der Waals surface area contributed by atoms with Gasteiger partial charge in [0, 0.05) is 22.9 Å². The van der Waals surface area contributed by atoms with Crippen LogP contribution in [0.1, 0.15) is 39.5 Å². The summed E-state index contributed by atoms with van der Waals surface area (Å²) >= 11 is 0. The number of hydrogen-bond donors (Lipinski definition) is 1. The number of nitrogens with two attached hydrogens (primary N) is 1. The van der Waals surface area contributed by atoms with Crippen LogP contribution in [0.3, 0.4) is 0 Å². The van der Waals surface area contributed by atoms with Crippen molar-refractivity contribution in [3.8, 4) is 0 Å². The molecule has 3 nitrogen and oxygen atoms in total. The molecule has 0 unspecified atom stereocenters. The molecule has 0 spiro atoms. The summed E-state index contributed by atoms with van der Waals surface area (Å²) in [5, 5.41) is 1.85. The van der Waals surface area contributed by atoms with E-state index < -0.39 is 5.91 Å². The molecule has 1 radical (unpaired) electrons. The highest BCUT2D eigenvalue weighted by Gasteiger charge is 2.17. The number of fused-ring (bicyclic) bond motifs is 3. The molecule has 135 valence electrons. The van der Waals surface area contributed by atoms with E-state index in [0.717, 1.165) is 34.8 Å². The van der Waals surface area contributed by atoms with Crippen LogP contribution in [0.25, 0.3) is 21.8 Å². The Balaban J connectivity index is 2.02. The quantitative estimate of drug-likeness (QED) is 0.555. The normalized spacial score (nSPS) is 11.4. The van der Waals surface area contributed by atoms with Crippen molar-refractivity contribution in [3.05, 3.63) is 82.4 Å². The maximum Gasteiger partial charge on any atom is 0.249 e. The van der Waals surface area contributed by atoms with E-state index in [2.05, 4.69) is 61.7 Å². The van der Waals surface area contributed by atoms with Gasteiger partial charge >= 0.3 is 0 Å². The van der Waals surface area contributed by atoms with Crippen LogP contribution in [0.5, 0.6) is 0 Å². The molecule has 0 saturated carbocycles. The lowest BCUT2D eigenvalue weighted by atomic mass is 10.0. The minimum absolute atomic E-state index is 0.404. The van der Waals surface area contributed by atoms with Crippen LogP contribution in [0.2, 0.25) is 0 Å². The molecule has 0 saturated heterocycles. The van der Waals surface area contributed by atoms with E-state index in [4.69, 9.17) is 5.73 Å². The van der Waals surface area contributed by atoms with E-state index >= 15 is 0 Å². The summed E-state index contributed by atoms with van der Waals surface area (Å²) in [6.45, 7) is 7.14. The molecule has 0 aliphatic heterocycles. The highest BCUT2D eigenvalue weighted by atomic mass is 16.1. The van der Waals surface area contributed by atoms with E-state index in [0.29, 0.717) is 5.56 Å². The number of carbonyl (C=O) groups is 1. The Labute approximate surface area is 159 Å². The minimum Gasteiger partial charge on any atom is -0.366 e. The van der Waals surface area contributed by atoms with Gasteiger partial charge in [-0.25, -0.2) is 0 Å². The number of amides is 1. The van der Waals surface area contributed by atoms with Gasteiger partial charge in [-0.3, -0.25) is 4.79 Å². The monoisotopic (exact) mass is 355 g/mol. The molecule has 1 amide bonds. The number of carbonyl (C=O) groups excluding carboxylic acids is 1. The molecule has 0 aliphatic rings. The molecule has 4 rings (SSSR count). The van der Waals surface area contributed by atoms with Crippen molar-refractivity contribution in [2.45, 2.75) is 33.7 Å². The summed E-state index contributed by atoms with van der Waals surface area (Å²) in [6.07, 6.45) is 0.945. The number of rotatable bonds is 4. The van der Waals surface area contributed by atoms with E-state index in [1.54, 1.807) is 6.07 Å². The summed E-state index contributed by atoms with van der Waals surface area (Å²) < 4.78 is 2.27. The zero-order valence-electron chi connectivity index (χ0n) is 16.0. The van der Waals surface area contributed by atoms with E-state index in [1.807, 2.05) is 12.1 Å². The Hall–Kier alpha value is -3.07. The molecule has 3 heteroatoms. The van der Waals surface area contributed by atoms with Crippen molar-refractivity contribution in [3.63, 3.8) is 0 Å². The average molecular weight is 355 g/mol. The van der Waals surface area contributed by atoms with E-state index in [9.17, 15) is 4.79 Å². The van der Waals surface area contributed by atoms with Gasteiger partial charge < -0.3 is 10.3 Å². The number of benzene rings is 3. The molecule has 0 aliphatic carbocycles. The molecule has 1 heterocycles. The first-order chi connectivity index (χ1) is 13.0. The summed E-state index contributed by atoms with van der Waals surface area (Å²) in [4.78, 5) is 12.0. The summed E-state index contributed by atoms with van der Waals surface area (Å²) in [6, 6.07) is 20.0. The fourth-order valence-corrected chi connectivity index (χ4v) is 3.76. The zero-order valence-corrected chi connectivity index (χ0v) is 16.0. The van der Waals surface area contributed by atoms with Crippen LogP contribution in [0.15, 0.2) is 48.5 Å². The molecule has 1 aromatic heterocycles. The first kappa shape index (κ1) is 17.3. The summed E-state index contributed by atoms with van der Waals surface area (Å²) in [5.74, 6) is -0.404. The lowest BCUT2D eigenvalue weighted by molar-refractivity contribution is 0.100. The molecule has 27 heavy (non-hydrogen) atoms. The molecule has 2 N–H and O–H groups in total. The lowest BCUT2D eigenvalue weighted by Crippen LogP contribution is -2.11. The molecule has 0 atom stereocenters. The van der Waals surface area contributed by atoms with Gasteiger partial charge in [0.05, 0.1) is 11.0 Å². The predicted molar refractivity (Wildman–Crippen MR) is 111 cm³/mol. The van der Waals surface area contributed by atoms with Gasteiger partial charge in [-0.1, -0.05) is 37.3 Å². The van der Waals surface area contributed by atoms with Crippen LogP contribution in [0, 0.1) is 19.9 Å². The SMILES string of the molecule is CCc1c[c]c2c3c(C(N)=O)cccc3n(Cc3ccc(C)c(C)c3)c2c1. The largest absolute Gasteiger partial charge is 0.366 e. The summed E-state index contributed by atoms with van der Waals surface area (Å²) in [5.41, 5.74) is 13.4. The lowest BCUT2D eigenvalue weighted by Gasteiger charge is -2.10. The molecule has 4 aromatic rings. The first-order valence-electron chi connectivity index (χ1n) is 9.31. The van der Waals surface area contributed by atoms with Crippen molar-refractivity contribution in [2.75, 3.05) is 0 Å². The number of aryl methyl sites for hydroxylation is 3. The Kier molecular flexibility index (Phi) is 4.23. The topological polar surface area (TPSA) is 48.0 Å². The molecular formula is C24H23N2O. The molecule has 0 bridgehead atoms. The fourth-order valence-electron chi connectivity index (χ4n) is 3.76. The van der Waals surface area contributed by atoms with Crippen molar-refractivity contribution in [1.29, 1.82) is 0 Å². The highest BCUT2D eigenvalue weighted by Crippen LogP contribution is 2.33. The average Bonchev–Trinajstić information content (AvgIpc) is 2.97. The third-order valence-electron chi connectivity index (χ3n) is 5.44. The van der Waals surface area contributed by atoms with Crippen LogP contribution in [0.4, 0.5) is 0 Å². The number of nitrogens with zero attached hydrogens (tertiary/aromatic N) is 1. The predicted octanol–water partition coefficient (Wildman–Crippen LogP) is 4.92. The van der Waals surface area contributed by atoms with Crippen molar-refractivity contribution < 1.29 is 4.79 Å². The Bertz CT molecular complexity index is 1180. The zero-order chi connectivity index (χ0) is 19.1. The minimum atomic E-state index is -0.404. The van der Waals surface area contributed by atoms with E-state index in [1.165, 1.54) is 22.3 Å². The molecular weight excluding hydrogens is 332 g/mol. The van der Waals surface area contributed by atoms with Crippen LogP contribution in [-0.4, -0.2) is 10.5 Å². The van der Waals surface area contributed by atoms with E-state index in [-0.39, 0.29) is 0 Å². The molecule has 0 fully saturated rings. The fraction of sp³-hybridized carbons (Fsp3) is 0.208. The van der Waals surface area contributed by atoms with Gasteiger partial charge in [0.15, 0.2) is 0 Å². The maximum absolute atomic E-state index is 12.0. The Morgan fingerprint density at radius 2 is 1.85 bits per heavy atom. The number of aromatic nitrogens is 1. The van der Waals surface area contributed by atoms with Gasteiger partial charge in [0.1, 0.15) is 0 Å². The Morgan fingerprint density at radius 1 is 1.04 bits per heavy atom. The third kappa shape index (κ3) is 2.89. The van der Waals surface area contributed by atoms with Gasteiger partial charge in [-0.2, -0.15) is 0 Å². The van der Waals surface area contributed by atoms with Crippen LogP contribution in [-0.2, 0) is 13.0 Å². The van der Waals surface area contributed by atoms with Gasteiger partial charge in [0.25, 0.3) is 0 Å². The first-order valence-corrected chi connectivity index (χ1v) is 9.31. The van der Waals surface area contributed by atoms with Crippen LogP contribution < -0.4 is 5.73 Å². The highest BCUT2D eigenvalue weighted by molar-refractivity contribution is 6.17. The smallest absolute Gasteiger partial charge is 0.249 e. The maximum atomic E-state index is 12.0. The van der Waals surface area contributed by atoms with Crippen molar-refractivity contribution in [1.82, 2.24) is 4.57 Å². The van der Waals surface area contributed by atoms with Crippen molar-refractivity contribution in [2.24, 2.45) is 5.73 Å². The second kappa shape index (κ2) is 6.58. The number of hydrogen-bond acceptors (Lipinski definition) is 1. The third-order valence-corrected chi connectivity index (χ3v) is 5.44. The molecule has 3 aromatic carbocycles. The number of primary amides is 1. The summed E-state index contributed by atoms with van der Waals surface area (Å²) in [7, 11) is 0. The second-order valence-corrected chi connectivity index (χ2v) is 7.19. The second-order valence-electron chi connectivity index (χ2n) is 7.19. The van der Waals surface area contributed by atoms with Crippen molar-refractivity contribution >= 4 is 27.7 Å². The van der Waals surface area contributed by atoms with Gasteiger partial charge in [-0.05, 0) is 66.8 Å². The van der Waals surface area contributed by atoms with Crippen LogP contribution >= 0.6 is 0 Å². The van der Waals surface area contributed by atoms with Gasteiger partial charge in [0.2, 0.25) is 5.91 Å². The Morgan fingerprint density at radius 3 is 2.56 bits per heavy atom. The standard InChI is InChI=1S/C24H23N2O/c1-4-17-10-11-19-22(13-17)26(14-18-9-8-15(2)16(3)12-18)21-7-5-6-20(23(19)21)24(25)27/h5-10,12-13H,4,14H2,1-3H3,(H2,25,27).